The van der Waals surface area contributed by atoms with Crippen LogP contribution in [0.2, 0.25) is 0 Å². The number of alkyl halides is 7. The molecule has 0 radical (unpaired) electrons. The van der Waals surface area contributed by atoms with Gasteiger partial charge in [0.2, 0.25) is 11.8 Å². The predicted molar refractivity (Wildman–Crippen MR) is 106 cm³/mol. The van der Waals surface area contributed by atoms with Crippen molar-refractivity contribution in [1.82, 2.24) is 0 Å². The van der Waals surface area contributed by atoms with Gasteiger partial charge >= 0.3 is 17.4 Å². The quantitative estimate of drug-likeness (QED) is 0.378. The van der Waals surface area contributed by atoms with Gasteiger partial charge in [-0.25, -0.2) is 0 Å². The van der Waals surface area contributed by atoms with Crippen molar-refractivity contribution in [3.63, 3.8) is 0 Å². The minimum atomic E-state index is -6.44. The predicted octanol–water partition coefficient (Wildman–Crippen LogP) is 6.01. The van der Waals surface area contributed by atoms with E-state index in [0.29, 0.717) is 5.69 Å². The van der Waals surface area contributed by atoms with E-state index in [1.165, 1.54) is 6.07 Å². The molecule has 4 nitrogen and oxygen atoms in total. The SMILES string of the molecule is O=C(C[C@H]1Sc2ccccc2NC1=O)Nc1cccc(SC(F)(F)C(F)(F)C(F)(F)F)c1. The van der Waals surface area contributed by atoms with Gasteiger partial charge in [-0.05, 0) is 42.1 Å². The molecule has 3 rings (SSSR count). The highest BCUT2D eigenvalue weighted by Crippen LogP contribution is 2.54. The number of rotatable bonds is 6. The summed E-state index contributed by atoms with van der Waals surface area (Å²) < 4.78 is 90.3. The molecule has 1 aliphatic heterocycles. The molecule has 2 amide bonds. The second kappa shape index (κ2) is 8.85. The molecule has 32 heavy (non-hydrogen) atoms. The molecular formula is C19H13F7N2O2S2. The first kappa shape index (κ1) is 24.2. The van der Waals surface area contributed by atoms with Crippen LogP contribution in [0.5, 0.6) is 0 Å². The highest BCUT2D eigenvalue weighted by Gasteiger charge is 2.73. The number of amides is 2. The number of hydrogen-bond donors (Lipinski definition) is 2. The van der Waals surface area contributed by atoms with Crippen molar-refractivity contribution in [2.75, 3.05) is 10.6 Å². The van der Waals surface area contributed by atoms with Gasteiger partial charge < -0.3 is 10.6 Å². The van der Waals surface area contributed by atoms with Gasteiger partial charge in [0.1, 0.15) is 0 Å². The summed E-state index contributed by atoms with van der Waals surface area (Å²) in [5, 5.41) is -1.27. The fourth-order valence-corrected chi connectivity index (χ4v) is 4.60. The summed E-state index contributed by atoms with van der Waals surface area (Å²) in [4.78, 5) is 24.6. The molecule has 2 N–H and O–H groups in total. The number of carbonyl (C=O) groups is 2. The second-order valence-electron chi connectivity index (χ2n) is 6.56. The maximum atomic E-state index is 13.6. The molecule has 1 heterocycles. The Hall–Kier alpha value is -2.41. The summed E-state index contributed by atoms with van der Waals surface area (Å²) >= 11 is 0.180. The van der Waals surface area contributed by atoms with E-state index in [1.807, 2.05) is 0 Å². The lowest BCUT2D eigenvalue weighted by atomic mass is 10.2. The molecule has 0 unspecified atom stereocenters. The van der Waals surface area contributed by atoms with Crippen molar-refractivity contribution in [2.24, 2.45) is 0 Å². The molecule has 0 aliphatic carbocycles. The number of anilines is 2. The summed E-state index contributed by atoms with van der Waals surface area (Å²) in [6, 6.07) is 11.0. The van der Waals surface area contributed by atoms with Crippen LogP contribution in [0.25, 0.3) is 0 Å². The normalized spacial score (nSPS) is 16.8. The van der Waals surface area contributed by atoms with Crippen molar-refractivity contribution in [2.45, 2.75) is 38.8 Å². The van der Waals surface area contributed by atoms with Crippen LogP contribution in [-0.2, 0) is 9.59 Å². The molecular weight excluding hydrogens is 485 g/mol. The van der Waals surface area contributed by atoms with Gasteiger partial charge in [-0.15, -0.1) is 11.8 Å². The van der Waals surface area contributed by atoms with Crippen LogP contribution in [0.3, 0.4) is 0 Å². The first-order chi connectivity index (χ1) is 14.8. The number of fused-ring (bicyclic) bond motifs is 1. The molecule has 0 bridgehead atoms. The van der Waals surface area contributed by atoms with E-state index >= 15 is 0 Å². The third-order valence-electron chi connectivity index (χ3n) is 4.16. The van der Waals surface area contributed by atoms with Crippen LogP contribution < -0.4 is 10.6 Å². The highest BCUT2D eigenvalue weighted by atomic mass is 32.2. The molecule has 0 aromatic heterocycles. The molecule has 0 saturated heterocycles. The van der Waals surface area contributed by atoms with E-state index in [2.05, 4.69) is 10.6 Å². The highest BCUT2D eigenvalue weighted by molar-refractivity contribution is 8.01. The summed E-state index contributed by atoms with van der Waals surface area (Å²) in [6.45, 7) is 0. The molecule has 2 aromatic carbocycles. The minimum Gasteiger partial charge on any atom is -0.326 e. The fourth-order valence-electron chi connectivity index (χ4n) is 2.62. The third-order valence-corrected chi connectivity index (χ3v) is 6.44. The van der Waals surface area contributed by atoms with E-state index < -0.39 is 51.1 Å². The molecule has 1 atom stereocenters. The van der Waals surface area contributed by atoms with E-state index in [4.69, 9.17) is 0 Å². The summed E-state index contributed by atoms with van der Waals surface area (Å²) in [5.41, 5.74) is 0.494. The number of halogens is 7. The zero-order chi connectivity index (χ0) is 23.7. The molecule has 13 heteroatoms. The molecule has 0 fully saturated rings. The van der Waals surface area contributed by atoms with Crippen molar-refractivity contribution in [1.29, 1.82) is 0 Å². The maximum absolute atomic E-state index is 13.6. The minimum absolute atomic E-state index is 0.104. The Morgan fingerprint density at radius 1 is 1.03 bits per heavy atom. The summed E-state index contributed by atoms with van der Waals surface area (Å²) in [7, 11) is 0. The van der Waals surface area contributed by atoms with Crippen molar-refractivity contribution in [3.8, 4) is 0 Å². The van der Waals surface area contributed by atoms with Gasteiger partial charge in [-0.1, -0.05) is 18.2 Å². The maximum Gasteiger partial charge on any atom is 0.460 e. The van der Waals surface area contributed by atoms with Crippen LogP contribution in [0.15, 0.2) is 58.3 Å². The number of carbonyl (C=O) groups excluding carboxylic acids is 2. The van der Waals surface area contributed by atoms with Crippen molar-refractivity contribution >= 4 is 46.7 Å². The average molecular weight is 498 g/mol. The Balaban J connectivity index is 1.66. The number of nitrogens with one attached hydrogen (secondary N) is 2. The van der Waals surface area contributed by atoms with Gasteiger partial charge in [0.15, 0.2) is 0 Å². The Labute approximate surface area is 185 Å². The number of benzene rings is 2. The average Bonchev–Trinajstić information content (AvgIpc) is 2.67. The first-order valence-corrected chi connectivity index (χ1v) is 10.5. The number of thioether (sulfide) groups is 2. The Bertz CT molecular complexity index is 1030. The Morgan fingerprint density at radius 3 is 2.41 bits per heavy atom. The van der Waals surface area contributed by atoms with Gasteiger partial charge in [0.25, 0.3) is 0 Å². The molecule has 172 valence electrons. The standard InChI is InChI=1S/C19H13F7N2O2S2/c20-17(21,18(22,23)24)19(25,26)32-11-5-3-4-10(8-11)27-15(29)9-14-16(30)28-12-6-1-2-7-13(12)31-14/h1-8,14H,9H2,(H,27,29)(H,28,30)/t14-/m1/s1. The monoisotopic (exact) mass is 498 g/mol. The van der Waals surface area contributed by atoms with Crippen LogP contribution in [-0.4, -0.2) is 34.4 Å². The topological polar surface area (TPSA) is 58.2 Å². The Kier molecular flexibility index (Phi) is 6.70. The van der Waals surface area contributed by atoms with E-state index in [1.54, 1.807) is 24.3 Å². The first-order valence-electron chi connectivity index (χ1n) is 8.78. The van der Waals surface area contributed by atoms with E-state index in [-0.39, 0.29) is 12.1 Å². The van der Waals surface area contributed by atoms with Crippen LogP contribution in [0, 0.1) is 0 Å². The van der Waals surface area contributed by atoms with Gasteiger partial charge in [0, 0.05) is 21.9 Å². The zero-order valence-electron chi connectivity index (χ0n) is 15.7. The van der Waals surface area contributed by atoms with Crippen molar-refractivity contribution in [3.05, 3.63) is 48.5 Å². The fraction of sp³-hybridized carbons (Fsp3) is 0.263. The number of hydrogen-bond acceptors (Lipinski definition) is 4. The van der Waals surface area contributed by atoms with Gasteiger partial charge in [0.05, 0.1) is 10.9 Å². The molecule has 1 aliphatic rings. The lowest BCUT2D eigenvalue weighted by Crippen LogP contribution is -2.49. The molecule has 0 spiro atoms. The van der Waals surface area contributed by atoms with Crippen LogP contribution in [0.4, 0.5) is 42.1 Å². The van der Waals surface area contributed by atoms with Crippen molar-refractivity contribution < 1.29 is 40.3 Å². The lowest BCUT2D eigenvalue weighted by Gasteiger charge is -2.27. The third kappa shape index (κ3) is 5.14. The van der Waals surface area contributed by atoms with E-state index in [9.17, 15) is 40.3 Å². The second-order valence-corrected chi connectivity index (χ2v) is 9.00. The largest absolute Gasteiger partial charge is 0.460 e. The number of para-hydroxylation sites is 1. The van der Waals surface area contributed by atoms with E-state index in [0.717, 1.165) is 34.9 Å². The Morgan fingerprint density at radius 2 is 1.72 bits per heavy atom. The lowest BCUT2D eigenvalue weighted by molar-refractivity contribution is -0.330. The van der Waals surface area contributed by atoms with Gasteiger partial charge in [-0.3, -0.25) is 9.59 Å². The van der Waals surface area contributed by atoms with Crippen LogP contribution in [0.1, 0.15) is 6.42 Å². The smallest absolute Gasteiger partial charge is 0.326 e. The molecule has 0 saturated carbocycles. The zero-order valence-corrected chi connectivity index (χ0v) is 17.3. The summed E-state index contributed by atoms with van der Waals surface area (Å²) in [6.07, 6.45) is -6.73. The van der Waals surface area contributed by atoms with Gasteiger partial charge in [-0.2, -0.15) is 30.7 Å². The summed E-state index contributed by atoms with van der Waals surface area (Å²) in [5.74, 6) is -7.35. The van der Waals surface area contributed by atoms with Crippen LogP contribution >= 0.6 is 23.5 Å². The molecule has 2 aromatic rings.